The fraction of sp³-hybridized carbons (Fsp3) is 0.130. The van der Waals surface area contributed by atoms with E-state index < -0.39 is 0 Å². The molecule has 2 aromatic carbocycles. The van der Waals surface area contributed by atoms with E-state index >= 15 is 0 Å². The third-order valence-corrected chi connectivity index (χ3v) is 4.51. The number of rotatable bonds is 6. The molecule has 0 saturated heterocycles. The van der Waals surface area contributed by atoms with Gasteiger partial charge in [0, 0.05) is 24.0 Å². The van der Waals surface area contributed by atoms with Crippen LogP contribution in [0.15, 0.2) is 73.1 Å². The number of imidazole rings is 1. The van der Waals surface area contributed by atoms with E-state index in [0.29, 0.717) is 12.4 Å². The van der Waals surface area contributed by atoms with Gasteiger partial charge in [0.15, 0.2) is 0 Å². The van der Waals surface area contributed by atoms with Crippen LogP contribution in [0.3, 0.4) is 0 Å². The third kappa shape index (κ3) is 3.74. The first-order valence-corrected chi connectivity index (χ1v) is 9.07. The molecule has 0 unspecified atom stereocenters. The Morgan fingerprint density at radius 2 is 1.86 bits per heavy atom. The van der Waals surface area contributed by atoms with E-state index in [-0.39, 0.29) is 0 Å². The van der Waals surface area contributed by atoms with Gasteiger partial charge in [0.05, 0.1) is 24.1 Å². The molecule has 0 radical (unpaired) electrons. The number of benzene rings is 2. The quantitative estimate of drug-likeness (QED) is 0.516. The normalized spacial score (nSPS) is 10.6. The molecule has 5 nitrogen and oxygen atoms in total. The highest BCUT2D eigenvalue weighted by Crippen LogP contribution is 2.34. The van der Waals surface area contributed by atoms with Crippen molar-refractivity contribution < 1.29 is 9.47 Å². The zero-order valence-corrected chi connectivity index (χ0v) is 15.8. The highest BCUT2D eigenvalue weighted by molar-refractivity contribution is 5.71. The second-order valence-corrected chi connectivity index (χ2v) is 6.42. The van der Waals surface area contributed by atoms with Crippen LogP contribution in [-0.2, 0) is 6.61 Å². The van der Waals surface area contributed by atoms with Crippen molar-refractivity contribution in [2.45, 2.75) is 13.5 Å². The average molecular weight is 371 g/mol. The summed E-state index contributed by atoms with van der Waals surface area (Å²) in [7, 11) is 1.65. The van der Waals surface area contributed by atoms with E-state index in [1.807, 2.05) is 73.8 Å². The lowest BCUT2D eigenvalue weighted by molar-refractivity contribution is 0.304. The van der Waals surface area contributed by atoms with Crippen molar-refractivity contribution in [3.63, 3.8) is 0 Å². The summed E-state index contributed by atoms with van der Waals surface area (Å²) in [6.45, 7) is 2.49. The Labute approximate surface area is 164 Å². The molecule has 4 rings (SSSR count). The lowest BCUT2D eigenvalue weighted by Gasteiger charge is -2.11. The van der Waals surface area contributed by atoms with E-state index in [1.165, 1.54) is 0 Å². The Morgan fingerprint density at radius 3 is 2.61 bits per heavy atom. The number of aromatic nitrogens is 3. The number of hydrogen-bond donors (Lipinski definition) is 1. The van der Waals surface area contributed by atoms with Gasteiger partial charge in [-0.15, -0.1) is 0 Å². The lowest BCUT2D eigenvalue weighted by Crippen LogP contribution is -1.96. The van der Waals surface area contributed by atoms with Crippen LogP contribution < -0.4 is 9.47 Å². The van der Waals surface area contributed by atoms with Crippen molar-refractivity contribution in [1.29, 1.82) is 0 Å². The van der Waals surface area contributed by atoms with Gasteiger partial charge >= 0.3 is 0 Å². The predicted molar refractivity (Wildman–Crippen MR) is 109 cm³/mol. The molecular formula is C23H21N3O2. The fourth-order valence-corrected chi connectivity index (χ4v) is 3.08. The minimum absolute atomic E-state index is 0.508. The maximum atomic E-state index is 5.90. The number of pyridine rings is 1. The van der Waals surface area contributed by atoms with Crippen molar-refractivity contribution in [3.05, 3.63) is 84.3 Å². The van der Waals surface area contributed by atoms with Crippen molar-refractivity contribution in [3.8, 4) is 34.1 Å². The first-order chi connectivity index (χ1) is 13.7. The number of ether oxygens (including phenoxy) is 2. The van der Waals surface area contributed by atoms with Gasteiger partial charge in [-0.2, -0.15) is 0 Å². The standard InChI is InChI=1S/C23H21N3O2/c1-16-22(18-9-6-12-24-14-18)26-23(25-16)20-11-10-19(13-21(20)27-2)28-15-17-7-4-3-5-8-17/h3-14H,15H2,1-2H3,(H,25,26). The van der Waals surface area contributed by atoms with E-state index in [1.54, 1.807) is 13.3 Å². The summed E-state index contributed by atoms with van der Waals surface area (Å²) in [5.74, 6) is 2.21. The van der Waals surface area contributed by atoms with Crippen LogP contribution in [0.2, 0.25) is 0 Å². The number of aromatic amines is 1. The largest absolute Gasteiger partial charge is 0.496 e. The number of nitrogens with one attached hydrogen (secondary N) is 1. The van der Waals surface area contributed by atoms with Gasteiger partial charge in [-0.25, -0.2) is 4.98 Å². The summed E-state index contributed by atoms with van der Waals surface area (Å²) in [6.07, 6.45) is 3.58. The van der Waals surface area contributed by atoms with Crippen LogP contribution in [0.5, 0.6) is 11.5 Å². The maximum absolute atomic E-state index is 5.90. The molecule has 0 aliphatic carbocycles. The number of aryl methyl sites for hydroxylation is 1. The molecule has 28 heavy (non-hydrogen) atoms. The molecule has 1 N–H and O–H groups in total. The lowest BCUT2D eigenvalue weighted by atomic mass is 10.1. The highest BCUT2D eigenvalue weighted by Gasteiger charge is 2.15. The van der Waals surface area contributed by atoms with E-state index in [4.69, 9.17) is 9.47 Å². The minimum Gasteiger partial charge on any atom is -0.496 e. The molecule has 0 amide bonds. The summed E-state index contributed by atoms with van der Waals surface area (Å²) in [5.41, 5.74) is 4.87. The van der Waals surface area contributed by atoms with Gasteiger partial charge in [0.1, 0.15) is 23.9 Å². The van der Waals surface area contributed by atoms with Crippen LogP contribution >= 0.6 is 0 Å². The average Bonchev–Trinajstić information content (AvgIpc) is 3.14. The molecule has 0 bridgehead atoms. The SMILES string of the molecule is COc1cc(OCc2ccccc2)ccc1-c1nc(C)c(-c2cccnc2)[nH]1. The predicted octanol–water partition coefficient (Wildman–Crippen LogP) is 5.03. The first kappa shape index (κ1) is 17.8. The Bertz CT molecular complexity index is 1060. The Kier molecular flexibility index (Phi) is 5.06. The van der Waals surface area contributed by atoms with Gasteiger partial charge in [-0.3, -0.25) is 4.98 Å². The van der Waals surface area contributed by atoms with Gasteiger partial charge in [0.25, 0.3) is 0 Å². The number of methoxy groups -OCH3 is 1. The zero-order chi connectivity index (χ0) is 19.3. The van der Waals surface area contributed by atoms with Crippen molar-refractivity contribution in [2.75, 3.05) is 7.11 Å². The van der Waals surface area contributed by atoms with Crippen molar-refractivity contribution in [2.24, 2.45) is 0 Å². The van der Waals surface area contributed by atoms with Crippen molar-refractivity contribution in [1.82, 2.24) is 15.0 Å². The first-order valence-electron chi connectivity index (χ1n) is 9.07. The number of hydrogen-bond acceptors (Lipinski definition) is 4. The molecule has 2 heterocycles. The Hall–Kier alpha value is -3.60. The third-order valence-electron chi connectivity index (χ3n) is 4.51. The second kappa shape index (κ2) is 7.96. The number of nitrogens with zero attached hydrogens (tertiary/aromatic N) is 2. The van der Waals surface area contributed by atoms with Crippen LogP contribution in [0.1, 0.15) is 11.3 Å². The summed E-state index contributed by atoms with van der Waals surface area (Å²) >= 11 is 0. The monoisotopic (exact) mass is 371 g/mol. The van der Waals surface area contributed by atoms with Gasteiger partial charge in [0.2, 0.25) is 0 Å². The molecule has 0 aliphatic rings. The number of H-pyrrole nitrogens is 1. The summed E-state index contributed by atoms with van der Waals surface area (Å²) < 4.78 is 11.5. The van der Waals surface area contributed by atoms with Gasteiger partial charge in [-0.1, -0.05) is 30.3 Å². The molecule has 0 atom stereocenters. The van der Waals surface area contributed by atoms with E-state index in [0.717, 1.165) is 39.7 Å². The molecule has 140 valence electrons. The molecular weight excluding hydrogens is 350 g/mol. The fourth-order valence-electron chi connectivity index (χ4n) is 3.08. The molecule has 2 aromatic heterocycles. The van der Waals surface area contributed by atoms with E-state index in [9.17, 15) is 0 Å². The van der Waals surface area contributed by atoms with E-state index in [2.05, 4.69) is 15.0 Å². The maximum Gasteiger partial charge on any atom is 0.141 e. The smallest absolute Gasteiger partial charge is 0.141 e. The second-order valence-electron chi connectivity index (χ2n) is 6.42. The Balaban J connectivity index is 1.60. The zero-order valence-electron chi connectivity index (χ0n) is 15.8. The van der Waals surface area contributed by atoms with Gasteiger partial charge < -0.3 is 14.5 Å². The molecule has 4 aromatic rings. The summed E-state index contributed by atoms with van der Waals surface area (Å²) in [6, 6.07) is 19.8. The molecule has 5 heteroatoms. The highest BCUT2D eigenvalue weighted by atomic mass is 16.5. The van der Waals surface area contributed by atoms with Crippen LogP contribution in [-0.4, -0.2) is 22.1 Å². The Morgan fingerprint density at radius 1 is 1.00 bits per heavy atom. The van der Waals surface area contributed by atoms with Gasteiger partial charge in [-0.05, 0) is 36.8 Å². The molecule has 0 saturated carbocycles. The summed E-state index contributed by atoms with van der Waals surface area (Å²) in [4.78, 5) is 12.3. The molecule has 0 fully saturated rings. The van der Waals surface area contributed by atoms with Crippen LogP contribution in [0.4, 0.5) is 0 Å². The minimum atomic E-state index is 0.508. The topological polar surface area (TPSA) is 60.0 Å². The van der Waals surface area contributed by atoms with Crippen LogP contribution in [0.25, 0.3) is 22.6 Å². The molecule has 0 aliphatic heterocycles. The van der Waals surface area contributed by atoms with Crippen LogP contribution in [0, 0.1) is 6.92 Å². The van der Waals surface area contributed by atoms with Crippen molar-refractivity contribution >= 4 is 0 Å². The molecule has 0 spiro atoms. The summed E-state index contributed by atoms with van der Waals surface area (Å²) in [5, 5.41) is 0.